The molecule has 0 fully saturated rings. The second-order valence-electron chi connectivity index (χ2n) is 7.18. The minimum Gasteiger partial charge on any atom is -0.402 e. The number of hydrogen-bond donors (Lipinski definition) is 3. The quantitative estimate of drug-likeness (QED) is 0.512. The monoisotopic (exact) mass is 423 g/mol. The molecule has 0 aliphatic heterocycles. The first kappa shape index (κ1) is 21.5. The molecule has 0 saturated carbocycles. The first-order valence-corrected chi connectivity index (χ1v) is 9.99. The van der Waals surface area contributed by atoms with Gasteiger partial charge in [-0.15, -0.1) is 0 Å². The Morgan fingerprint density at radius 1 is 1.27 bits per heavy atom. The molecule has 1 heterocycles. The second-order valence-corrected chi connectivity index (χ2v) is 7.58. The predicted molar refractivity (Wildman–Crippen MR) is 125 cm³/mol. The normalized spacial score (nSPS) is 17.8. The lowest BCUT2D eigenvalue weighted by molar-refractivity contribution is 0.721. The van der Waals surface area contributed by atoms with Crippen molar-refractivity contribution in [1.82, 2.24) is 9.97 Å². The lowest BCUT2D eigenvalue weighted by atomic mass is 9.83. The van der Waals surface area contributed by atoms with E-state index < -0.39 is 0 Å². The SMILES string of the molecule is CN=C(C=C(C)N)Nc1ncc2c(n1)C(C(=NC)c1ccccc1Cl)=C(N)CC2C. The van der Waals surface area contributed by atoms with Gasteiger partial charge in [-0.3, -0.25) is 9.98 Å². The molecule has 30 heavy (non-hydrogen) atoms. The molecular weight excluding hydrogens is 398 g/mol. The molecule has 156 valence electrons. The Morgan fingerprint density at radius 2 is 2.00 bits per heavy atom. The second kappa shape index (κ2) is 9.09. The van der Waals surface area contributed by atoms with Crippen LogP contribution in [0.1, 0.15) is 43.0 Å². The average molecular weight is 424 g/mol. The predicted octanol–water partition coefficient (Wildman–Crippen LogP) is 3.73. The first-order valence-electron chi connectivity index (χ1n) is 9.61. The third-order valence-corrected chi connectivity index (χ3v) is 5.20. The summed E-state index contributed by atoms with van der Waals surface area (Å²) in [7, 11) is 3.40. The highest BCUT2D eigenvalue weighted by Crippen LogP contribution is 2.38. The number of nitrogens with one attached hydrogen (secondary N) is 1. The van der Waals surface area contributed by atoms with E-state index in [1.807, 2.05) is 30.5 Å². The zero-order valence-electron chi connectivity index (χ0n) is 17.6. The highest BCUT2D eigenvalue weighted by Gasteiger charge is 2.29. The van der Waals surface area contributed by atoms with Crippen molar-refractivity contribution in [3.63, 3.8) is 0 Å². The van der Waals surface area contributed by atoms with Crippen molar-refractivity contribution in [3.8, 4) is 0 Å². The van der Waals surface area contributed by atoms with E-state index in [-0.39, 0.29) is 5.92 Å². The number of aliphatic imine (C=N–C) groups is 2. The summed E-state index contributed by atoms with van der Waals surface area (Å²) in [6.07, 6.45) is 4.24. The van der Waals surface area contributed by atoms with Gasteiger partial charge in [0.15, 0.2) is 0 Å². The van der Waals surface area contributed by atoms with Crippen LogP contribution < -0.4 is 16.8 Å². The fraction of sp³-hybridized carbons (Fsp3) is 0.273. The van der Waals surface area contributed by atoms with Crippen molar-refractivity contribution in [3.05, 3.63) is 69.8 Å². The molecule has 0 bridgehead atoms. The molecule has 2 aromatic rings. The van der Waals surface area contributed by atoms with Crippen LogP contribution >= 0.6 is 11.6 Å². The smallest absolute Gasteiger partial charge is 0.228 e. The summed E-state index contributed by atoms with van der Waals surface area (Å²) in [5.41, 5.74) is 17.7. The van der Waals surface area contributed by atoms with Crippen LogP contribution in [-0.2, 0) is 0 Å². The van der Waals surface area contributed by atoms with Crippen molar-refractivity contribution >= 4 is 34.7 Å². The minimum absolute atomic E-state index is 0.188. The Balaban J connectivity index is 2.13. The van der Waals surface area contributed by atoms with E-state index in [4.69, 9.17) is 28.1 Å². The number of amidine groups is 1. The number of nitrogens with zero attached hydrogens (tertiary/aromatic N) is 4. The van der Waals surface area contributed by atoms with Crippen LogP contribution in [0.25, 0.3) is 5.57 Å². The van der Waals surface area contributed by atoms with Gasteiger partial charge in [0, 0.05) is 53.4 Å². The van der Waals surface area contributed by atoms with E-state index in [2.05, 4.69) is 27.2 Å². The van der Waals surface area contributed by atoms with Gasteiger partial charge in [-0.25, -0.2) is 9.97 Å². The average Bonchev–Trinajstić information content (AvgIpc) is 2.70. The Morgan fingerprint density at radius 3 is 2.63 bits per heavy atom. The van der Waals surface area contributed by atoms with E-state index in [0.717, 1.165) is 28.1 Å². The number of benzene rings is 1. The van der Waals surface area contributed by atoms with Crippen molar-refractivity contribution in [2.45, 2.75) is 26.2 Å². The van der Waals surface area contributed by atoms with Crippen molar-refractivity contribution in [2.75, 3.05) is 19.4 Å². The number of fused-ring (bicyclic) bond motifs is 1. The van der Waals surface area contributed by atoms with Gasteiger partial charge < -0.3 is 16.8 Å². The minimum atomic E-state index is 0.188. The molecule has 1 atom stereocenters. The molecule has 1 aliphatic rings. The van der Waals surface area contributed by atoms with Gasteiger partial charge in [0.1, 0.15) is 5.84 Å². The summed E-state index contributed by atoms with van der Waals surface area (Å²) in [5.74, 6) is 1.15. The standard InChI is InChI=1S/C22H26ClN7/c1-12-9-17(25)19(20(27-4)14-7-5-6-8-16(14)23)21-15(12)11-28-22(30-21)29-18(26-3)10-13(2)24/h5-8,10-12H,9,24-25H2,1-4H3,(H,26,28,29,30). The third-order valence-electron chi connectivity index (χ3n) is 4.87. The maximum Gasteiger partial charge on any atom is 0.228 e. The van der Waals surface area contributed by atoms with E-state index in [1.165, 1.54) is 0 Å². The maximum atomic E-state index is 6.52. The van der Waals surface area contributed by atoms with Gasteiger partial charge in [0.05, 0.1) is 11.4 Å². The van der Waals surface area contributed by atoms with Crippen LogP contribution in [0.2, 0.25) is 5.02 Å². The highest BCUT2D eigenvalue weighted by atomic mass is 35.5. The molecule has 5 N–H and O–H groups in total. The maximum absolute atomic E-state index is 6.52. The molecule has 0 radical (unpaired) electrons. The zero-order chi connectivity index (χ0) is 21.8. The van der Waals surface area contributed by atoms with Gasteiger partial charge in [-0.1, -0.05) is 36.7 Å². The molecule has 0 saturated heterocycles. The number of halogens is 1. The van der Waals surface area contributed by atoms with E-state index in [1.54, 1.807) is 27.1 Å². The largest absolute Gasteiger partial charge is 0.402 e. The number of rotatable bonds is 4. The Labute approximate surface area is 181 Å². The summed E-state index contributed by atoms with van der Waals surface area (Å²) in [6, 6.07) is 7.58. The molecule has 0 amide bonds. The lowest BCUT2D eigenvalue weighted by Crippen LogP contribution is -2.23. The number of allylic oxidation sites excluding steroid dienone is 3. The summed E-state index contributed by atoms with van der Waals surface area (Å²) < 4.78 is 0. The summed E-state index contributed by atoms with van der Waals surface area (Å²) in [5, 5.41) is 3.72. The van der Waals surface area contributed by atoms with Gasteiger partial charge >= 0.3 is 0 Å². The molecule has 1 aromatic carbocycles. The van der Waals surface area contributed by atoms with Crippen molar-refractivity contribution in [1.29, 1.82) is 0 Å². The summed E-state index contributed by atoms with van der Waals surface area (Å²) in [6.45, 7) is 3.90. The van der Waals surface area contributed by atoms with E-state index in [0.29, 0.717) is 34.6 Å². The number of aromatic nitrogens is 2. The van der Waals surface area contributed by atoms with Gasteiger partial charge in [-0.05, 0) is 31.4 Å². The summed E-state index contributed by atoms with van der Waals surface area (Å²) in [4.78, 5) is 18.0. The fourth-order valence-electron chi connectivity index (χ4n) is 3.48. The van der Waals surface area contributed by atoms with Crippen LogP contribution in [0, 0.1) is 0 Å². The van der Waals surface area contributed by atoms with Gasteiger partial charge in [-0.2, -0.15) is 0 Å². The van der Waals surface area contributed by atoms with E-state index >= 15 is 0 Å². The van der Waals surface area contributed by atoms with Crippen LogP contribution in [-0.4, -0.2) is 35.6 Å². The molecule has 8 heteroatoms. The van der Waals surface area contributed by atoms with Crippen LogP contribution in [0.5, 0.6) is 0 Å². The molecule has 0 spiro atoms. The highest BCUT2D eigenvalue weighted by molar-refractivity contribution is 6.40. The molecule has 1 aromatic heterocycles. The Bertz CT molecular complexity index is 1080. The molecule has 3 rings (SSSR count). The van der Waals surface area contributed by atoms with Crippen molar-refractivity contribution in [2.24, 2.45) is 21.5 Å². The van der Waals surface area contributed by atoms with Gasteiger partial charge in [0.2, 0.25) is 5.95 Å². The van der Waals surface area contributed by atoms with Crippen LogP contribution in [0.4, 0.5) is 5.95 Å². The third kappa shape index (κ3) is 4.36. The number of hydrogen-bond acceptors (Lipinski definition) is 6. The fourth-order valence-corrected chi connectivity index (χ4v) is 3.70. The van der Waals surface area contributed by atoms with Gasteiger partial charge in [0.25, 0.3) is 0 Å². The molecular formula is C22H26ClN7. The number of nitrogens with two attached hydrogens (primary N) is 2. The number of anilines is 1. The van der Waals surface area contributed by atoms with Crippen molar-refractivity contribution < 1.29 is 0 Å². The Kier molecular flexibility index (Phi) is 6.52. The first-order chi connectivity index (χ1) is 14.3. The topological polar surface area (TPSA) is 115 Å². The molecule has 1 aliphatic carbocycles. The lowest BCUT2D eigenvalue weighted by Gasteiger charge is -2.26. The molecule has 1 unspecified atom stereocenters. The van der Waals surface area contributed by atoms with Crippen LogP contribution in [0.15, 0.2) is 57.9 Å². The Hall–Kier alpha value is -3.19. The summed E-state index contributed by atoms with van der Waals surface area (Å²) >= 11 is 6.46. The zero-order valence-corrected chi connectivity index (χ0v) is 18.3. The van der Waals surface area contributed by atoms with E-state index in [9.17, 15) is 0 Å². The van der Waals surface area contributed by atoms with Crippen LogP contribution in [0.3, 0.4) is 0 Å². The molecule has 7 nitrogen and oxygen atoms in total.